The number of hydroxylamine groups is 3. The summed E-state index contributed by atoms with van der Waals surface area (Å²) in [4.78, 5) is 12.5. The van der Waals surface area contributed by atoms with E-state index >= 15 is 0 Å². The van der Waals surface area contributed by atoms with Crippen molar-refractivity contribution in [3.05, 3.63) is 22.8 Å². The molecule has 0 aromatic carbocycles. The third-order valence-corrected chi connectivity index (χ3v) is 4.91. The van der Waals surface area contributed by atoms with Gasteiger partial charge in [-0.1, -0.05) is 11.6 Å². The molecule has 5 heterocycles. The van der Waals surface area contributed by atoms with Gasteiger partial charge in [0.25, 0.3) is 6.02 Å². The van der Waals surface area contributed by atoms with Crippen LogP contribution >= 0.6 is 11.6 Å². The number of rotatable bonds is 1. The molecule has 112 valence electrons. The third kappa shape index (κ3) is 2.25. The van der Waals surface area contributed by atoms with Crippen molar-refractivity contribution >= 4 is 23.4 Å². The second-order valence-electron chi connectivity index (χ2n) is 6.08. The van der Waals surface area contributed by atoms with Crippen molar-refractivity contribution in [1.82, 2.24) is 9.97 Å². The standard InChI is InChI=1S/C13H16ClN5O2/c14-10-5-16-11(6-15-10)18-12-17-7-13(21-12)8-19(20)3-1-9(13)2-4-19/h5-6,9H,1-4,7-8H2,(H,16,17,18)/t9?,13-,19?/m0/s1. The molecular weight excluding hydrogens is 294 g/mol. The molecule has 4 aliphatic heterocycles. The molecule has 0 saturated carbocycles. The first kappa shape index (κ1) is 13.2. The lowest BCUT2D eigenvalue weighted by molar-refractivity contribution is -0.905. The van der Waals surface area contributed by atoms with Crippen molar-refractivity contribution in [2.75, 3.05) is 31.5 Å². The van der Waals surface area contributed by atoms with Crippen LogP contribution in [-0.2, 0) is 4.74 Å². The van der Waals surface area contributed by atoms with Crippen LogP contribution in [0.2, 0.25) is 5.15 Å². The normalized spacial score (nSPS) is 37.4. The second-order valence-corrected chi connectivity index (χ2v) is 6.46. The Kier molecular flexibility index (Phi) is 2.85. The Bertz CT molecular complexity index is 585. The molecule has 3 saturated heterocycles. The Morgan fingerprint density at radius 3 is 2.81 bits per heavy atom. The number of halogens is 1. The van der Waals surface area contributed by atoms with Crippen molar-refractivity contribution in [2.45, 2.75) is 18.4 Å². The van der Waals surface area contributed by atoms with Crippen LogP contribution in [-0.4, -0.2) is 52.4 Å². The Morgan fingerprint density at radius 2 is 2.14 bits per heavy atom. The van der Waals surface area contributed by atoms with Gasteiger partial charge in [0.1, 0.15) is 11.7 Å². The van der Waals surface area contributed by atoms with E-state index in [2.05, 4.69) is 20.3 Å². The van der Waals surface area contributed by atoms with Gasteiger partial charge in [-0.3, -0.25) is 5.32 Å². The quantitative estimate of drug-likeness (QED) is 0.626. The van der Waals surface area contributed by atoms with Crippen molar-refractivity contribution in [3.8, 4) is 0 Å². The summed E-state index contributed by atoms with van der Waals surface area (Å²) in [5.74, 6) is 0.952. The van der Waals surface area contributed by atoms with Crippen LogP contribution in [0.4, 0.5) is 5.82 Å². The first-order valence-corrected chi connectivity index (χ1v) is 7.50. The van der Waals surface area contributed by atoms with Crippen LogP contribution < -0.4 is 5.32 Å². The molecule has 0 aliphatic carbocycles. The molecule has 7 nitrogen and oxygen atoms in total. The Labute approximate surface area is 127 Å². The maximum absolute atomic E-state index is 12.5. The van der Waals surface area contributed by atoms with E-state index in [0.717, 1.165) is 12.8 Å². The summed E-state index contributed by atoms with van der Waals surface area (Å²) in [5.41, 5.74) is -0.430. The van der Waals surface area contributed by atoms with Gasteiger partial charge < -0.3 is 14.6 Å². The molecule has 21 heavy (non-hydrogen) atoms. The Hall–Kier alpha value is -1.44. The Balaban J connectivity index is 1.48. The average molecular weight is 310 g/mol. The highest BCUT2D eigenvalue weighted by Crippen LogP contribution is 2.44. The summed E-state index contributed by atoms with van der Waals surface area (Å²) in [5, 5.41) is 15.9. The van der Waals surface area contributed by atoms with Crippen molar-refractivity contribution in [1.29, 1.82) is 0 Å². The number of aromatic nitrogens is 2. The highest BCUT2D eigenvalue weighted by atomic mass is 35.5. The summed E-state index contributed by atoms with van der Waals surface area (Å²) in [7, 11) is 0. The molecule has 1 spiro atoms. The number of hydrogen-bond donors (Lipinski definition) is 1. The number of ether oxygens (including phenoxy) is 1. The maximum atomic E-state index is 12.5. The van der Waals surface area contributed by atoms with E-state index in [4.69, 9.17) is 16.3 Å². The highest BCUT2D eigenvalue weighted by molar-refractivity contribution is 6.29. The number of nitrogens with one attached hydrogen (secondary N) is 1. The fourth-order valence-electron chi connectivity index (χ4n) is 3.65. The van der Waals surface area contributed by atoms with E-state index in [9.17, 15) is 5.21 Å². The fourth-order valence-corrected chi connectivity index (χ4v) is 3.75. The first-order valence-electron chi connectivity index (χ1n) is 7.12. The van der Waals surface area contributed by atoms with Crippen LogP contribution in [0.1, 0.15) is 12.8 Å². The van der Waals surface area contributed by atoms with E-state index < -0.39 is 5.60 Å². The molecule has 0 amide bonds. The molecule has 3 fully saturated rings. The van der Waals surface area contributed by atoms with Crippen molar-refractivity contribution < 1.29 is 9.38 Å². The largest absolute Gasteiger partial charge is 0.633 e. The molecule has 1 aromatic rings. The smallest absolute Gasteiger partial charge is 0.291 e. The van der Waals surface area contributed by atoms with Crippen LogP contribution in [0.5, 0.6) is 0 Å². The van der Waals surface area contributed by atoms with E-state index in [1.54, 1.807) is 0 Å². The van der Waals surface area contributed by atoms with Gasteiger partial charge in [-0.05, 0) is 0 Å². The SMILES string of the molecule is [O-][N+]12CCC(CC1)[C@]1(CN=C(Nc3cnc(Cl)cn3)O1)C2. The number of piperidine rings is 3. The van der Waals surface area contributed by atoms with E-state index in [0.29, 0.717) is 49.1 Å². The zero-order valence-electron chi connectivity index (χ0n) is 11.5. The Morgan fingerprint density at radius 1 is 1.33 bits per heavy atom. The molecule has 1 atom stereocenters. The molecule has 1 aromatic heterocycles. The lowest BCUT2D eigenvalue weighted by atomic mass is 9.75. The van der Waals surface area contributed by atoms with Crippen LogP contribution in [0.15, 0.2) is 17.4 Å². The van der Waals surface area contributed by atoms with Crippen LogP contribution in [0.3, 0.4) is 0 Å². The predicted octanol–water partition coefficient (Wildman–Crippen LogP) is 1.41. The lowest BCUT2D eigenvalue weighted by Crippen LogP contribution is -2.67. The molecule has 4 aliphatic rings. The molecule has 5 rings (SSSR count). The zero-order chi connectivity index (χ0) is 14.5. The minimum atomic E-state index is -0.430. The number of amidine groups is 1. The summed E-state index contributed by atoms with van der Waals surface area (Å²) >= 11 is 5.70. The minimum absolute atomic E-state index is 0.139. The summed E-state index contributed by atoms with van der Waals surface area (Å²) in [6, 6.07) is 0.423. The second kappa shape index (κ2) is 4.53. The van der Waals surface area contributed by atoms with E-state index in [1.165, 1.54) is 12.4 Å². The lowest BCUT2D eigenvalue weighted by Gasteiger charge is -2.58. The molecular formula is C13H16ClN5O2. The van der Waals surface area contributed by atoms with Gasteiger partial charge in [0.15, 0.2) is 11.4 Å². The van der Waals surface area contributed by atoms with E-state index in [1.807, 2.05) is 0 Å². The molecule has 0 radical (unpaired) electrons. The van der Waals surface area contributed by atoms with Crippen molar-refractivity contribution in [2.24, 2.45) is 10.9 Å². The summed E-state index contributed by atoms with van der Waals surface area (Å²) in [6.07, 6.45) is 4.83. The van der Waals surface area contributed by atoms with Gasteiger partial charge >= 0.3 is 0 Å². The first-order chi connectivity index (χ1) is 10.1. The average Bonchev–Trinajstić information content (AvgIpc) is 2.84. The van der Waals surface area contributed by atoms with Gasteiger partial charge in [-0.2, -0.15) is 0 Å². The number of fused-ring (bicyclic) bond motifs is 2. The number of aliphatic imine (C=N–C) groups is 1. The molecule has 8 heteroatoms. The highest BCUT2D eigenvalue weighted by Gasteiger charge is 2.56. The predicted molar refractivity (Wildman–Crippen MR) is 77.7 cm³/mol. The summed E-state index contributed by atoms with van der Waals surface area (Å²) < 4.78 is 5.91. The molecule has 2 bridgehead atoms. The van der Waals surface area contributed by atoms with Gasteiger partial charge in [0.2, 0.25) is 0 Å². The van der Waals surface area contributed by atoms with Crippen LogP contribution in [0.25, 0.3) is 0 Å². The molecule has 1 N–H and O–H groups in total. The molecule has 0 unspecified atom stereocenters. The fraction of sp³-hybridized carbons (Fsp3) is 0.615. The number of quaternary nitrogens is 1. The van der Waals surface area contributed by atoms with Crippen molar-refractivity contribution in [3.63, 3.8) is 0 Å². The number of nitrogens with zero attached hydrogens (tertiary/aromatic N) is 4. The van der Waals surface area contributed by atoms with Gasteiger partial charge in [0, 0.05) is 18.8 Å². The van der Waals surface area contributed by atoms with E-state index in [-0.39, 0.29) is 4.65 Å². The van der Waals surface area contributed by atoms with Gasteiger partial charge in [-0.15, -0.1) is 0 Å². The van der Waals surface area contributed by atoms with Gasteiger partial charge in [0.05, 0.1) is 32.0 Å². The zero-order valence-corrected chi connectivity index (χ0v) is 12.2. The third-order valence-electron chi connectivity index (χ3n) is 4.72. The number of hydrogen-bond acceptors (Lipinski definition) is 6. The van der Waals surface area contributed by atoms with Gasteiger partial charge in [-0.25, -0.2) is 15.0 Å². The summed E-state index contributed by atoms with van der Waals surface area (Å²) in [6.45, 7) is 2.46. The maximum Gasteiger partial charge on any atom is 0.291 e. The van der Waals surface area contributed by atoms with Crippen LogP contribution in [0, 0.1) is 11.1 Å². The monoisotopic (exact) mass is 309 g/mol. The minimum Gasteiger partial charge on any atom is -0.633 e. The topological polar surface area (TPSA) is 82.5 Å². The number of anilines is 1.